The van der Waals surface area contributed by atoms with Gasteiger partial charge in [-0.2, -0.15) is 5.26 Å². The van der Waals surface area contributed by atoms with Gasteiger partial charge in [0.15, 0.2) is 10.2 Å². The van der Waals surface area contributed by atoms with Crippen molar-refractivity contribution in [1.82, 2.24) is 85.1 Å². The van der Waals surface area contributed by atoms with Crippen molar-refractivity contribution in [1.29, 1.82) is 5.26 Å². The van der Waals surface area contributed by atoms with E-state index in [2.05, 4.69) is 109 Å². The van der Waals surface area contributed by atoms with Crippen LogP contribution in [0.5, 0.6) is 0 Å². The van der Waals surface area contributed by atoms with Crippen molar-refractivity contribution in [2.45, 2.75) is 54.1 Å². The van der Waals surface area contributed by atoms with E-state index in [-0.39, 0.29) is 16.9 Å². The van der Waals surface area contributed by atoms with Gasteiger partial charge in [0.25, 0.3) is 0 Å². The highest BCUT2D eigenvalue weighted by molar-refractivity contribution is 8.03. The summed E-state index contributed by atoms with van der Waals surface area (Å²) >= 11 is 12.5. The number of rotatable bonds is 15. The molecule has 6 fully saturated rings. The first-order valence-corrected chi connectivity index (χ1v) is 28.3. The fraction of sp³-hybridized carbons (Fsp3) is 0.760. The molecule has 6 heterocycles. The number of nitriles is 1. The van der Waals surface area contributed by atoms with Crippen LogP contribution in [0.25, 0.3) is 0 Å². The lowest BCUT2D eigenvalue weighted by atomic mass is 9.90. The van der Waals surface area contributed by atoms with Crippen molar-refractivity contribution in [2.75, 3.05) is 196 Å². The van der Waals surface area contributed by atoms with Gasteiger partial charge in [0, 0.05) is 200 Å². The molecular weight excluding hydrogens is 997 g/mol. The maximum atomic E-state index is 12.9. The van der Waals surface area contributed by atoms with Crippen molar-refractivity contribution in [3.63, 3.8) is 0 Å². The first-order chi connectivity index (χ1) is 36.1. The number of nitrogens with one attached hydrogen (secondary N) is 17. The summed E-state index contributed by atoms with van der Waals surface area (Å²) in [6.45, 7) is 24.0. The summed E-state index contributed by atoms with van der Waals surface area (Å²) in [7, 11) is 1.63. The number of thioether (sulfide) groups is 1. The SMILES string of the molecule is C#CCCCCNC(=S)NC12CNCCNCC(C)(CNCCNC1)CNCCNC2.COCCOCCC(=O)NC12CNCCNCC(NC(=S)Nc3ccc(SC#N)cc3)(CNCCNC1)CNCCNC2. The average Bonchev–Trinajstić information content (AvgIpc) is 3.38. The van der Waals surface area contributed by atoms with Crippen LogP contribution in [0.4, 0.5) is 5.69 Å². The van der Waals surface area contributed by atoms with Gasteiger partial charge in [-0.05, 0) is 73.3 Å². The molecule has 24 heteroatoms. The number of benzene rings is 1. The first-order valence-electron chi connectivity index (χ1n) is 26.7. The normalized spacial score (nSPS) is 26.3. The number of amides is 1. The van der Waals surface area contributed by atoms with Crippen LogP contribution in [0, 0.1) is 28.4 Å². The second-order valence-electron chi connectivity index (χ2n) is 20.0. The summed E-state index contributed by atoms with van der Waals surface area (Å²) in [6, 6.07) is 7.64. The number of methoxy groups -OCH3 is 1. The number of hydrogen-bond acceptors (Lipinski definition) is 19. The van der Waals surface area contributed by atoms with Crippen LogP contribution in [0.1, 0.15) is 32.6 Å². The Morgan fingerprint density at radius 1 is 0.608 bits per heavy atom. The number of hydrogen-bond donors (Lipinski definition) is 17. The molecule has 0 spiro atoms. The highest BCUT2D eigenvalue weighted by Crippen LogP contribution is 2.19. The number of nitrogens with zero attached hydrogens (tertiary/aromatic N) is 1. The zero-order valence-electron chi connectivity index (χ0n) is 44.4. The predicted octanol–water partition coefficient (Wildman–Crippen LogP) is -2.68. The maximum absolute atomic E-state index is 12.9. The molecule has 7 rings (SSSR count). The predicted molar refractivity (Wildman–Crippen MR) is 310 cm³/mol. The molecule has 1 aromatic carbocycles. The second-order valence-corrected chi connectivity index (χ2v) is 21.7. The Morgan fingerprint density at radius 3 is 1.42 bits per heavy atom. The van der Waals surface area contributed by atoms with Crippen molar-refractivity contribution < 1.29 is 14.3 Å². The van der Waals surface area contributed by atoms with Crippen LogP contribution in [0.15, 0.2) is 29.2 Å². The van der Waals surface area contributed by atoms with Crippen LogP contribution in [0.2, 0.25) is 0 Å². The number of thiocarbonyl (C=S) groups is 2. The van der Waals surface area contributed by atoms with Crippen LogP contribution >= 0.6 is 36.2 Å². The van der Waals surface area contributed by atoms with Crippen LogP contribution in [0.3, 0.4) is 0 Å². The standard InChI is InChI=1S/C28H48N10O3S2.C22H44N8S/c1-40-14-15-41-13-6-25(39)37-27-16-30-7-10-33-19-28(20-34-11-8-31-17-27,21-35-12-9-32-18-27)38-26(42)36-23-2-4-24(5-3-23)43-22-29;1-3-4-5-6-7-29-20(31)30-22-17-26-11-8-23-14-21(2,15-24-9-12-27-18-22)16-25-10-13-28-19-22/h2-5,30-35H,6-21H2,1H3,(H,37,39)(H2,36,38,42);1,23-28H,4-19H2,2H3,(H2,29,30,31). The number of carbonyl (C=O) groups is 1. The minimum absolute atomic E-state index is 0.0307. The van der Waals surface area contributed by atoms with Crippen LogP contribution in [-0.4, -0.2) is 223 Å². The summed E-state index contributed by atoms with van der Waals surface area (Å²) in [5.74, 6) is 2.66. The molecule has 1 amide bonds. The maximum Gasteiger partial charge on any atom is 0.222 e. The molecule has 6 aliphatic rings. The average molecular weight is 1090 g/mol. The van der Waals surface area contributed by atoms with Gasteiger partial charge in [0.2, 0.25) is 5.91 Å². The van der Waals surface area contributed by atoms with E-state index in [1.165, 1.54) is 0 Å². The number of ether oxygens (including phenoxy) is 2. The monoisotopic (exact) mass is 1090 g/mol. The molecule has 0 aromatic heterocycles. The zero-order valence-corrected chi connectivity index (χ0v) is 46.9. The number of thiocyanates is 1. The molecule has 1 aromatic rings. The highest BCUT2D eigenvalue weighted by Gasteiger charge is 2.34. The van der Waals surface area contributed by atoms with E-state index in [0.717, 1.165) is 166 Å². The molecule has 418 valence electrons. The Kier molecular flexibility index (Phi) is 32.3. The number of unbranched alkanes of at least 4 members (excludes halogenated alkanes) is 2. The number of fused-ring (bicyclic) bond motifs is 30. The summed E-state index contributed by atoms with van der Waals surface area (Å²) < 4.78 is 10.5. The quantitative estimate of drug-likeness (QED) is 0.0281. The number of carbonyl (C=O) groups excluding carboxylic acids is 1. The van der Waals surface area contributed by atoms with Gasteiger partial charge >= 0.3 is 0 Å². The molecule has 4 bridgehead atoms. The van der Waals surface area contributed by atoms with Crippen molar-refractivity contribution >= 4 is 58.0 Å². The summed E-state index contributed by atoms with van der Waals surface area (Å²) in [6.07, 6.45) is 8.50. The second kappa shape index (κ2) is 37.6. The molecule has 0 saturated carbocycles. The van der Waals surface area contributed by atoms with Crippen LogP contribution in [-0.2, 0) is 14.3 Å². The lowest BCUT2D eigenvalue weighted by Crippen LogP contribution is -2.68. The summed E-state index contributed by atoms with van der Waals surface area (Å²) in [5.41, 5.74) is -0.0491. The Balaban J connectivity index is 0.000000338. The van der Waals surface area contributed by atoms with E-state index in [1.54, 1.807) is 7.11 Å². The minimum Gasteiger partial charge on any atom is -0.382 e. The molecule has 74 heavy (non-hydrogen) atoms. The first kappa shape index (κ1) is 63.4. The van der Waals surface area contributed by atoms with Gasteiger partial charge in [-0.3, -0.25) is 4.79 Å². The van der Waals surface area contributed by atoms with Crippen molar-refractivity contribution in [3.8, 4) is 17.7 Å². The van der Waals surface area contributed by atoms with Gasteiger partial charge in [0.05, 0.1) is 36.4 Å². The van der Waals surface area contributed by atoms with E-state index < -0.39 is 11.1 Å². The Labute approximate surface area is 457 Å². The van der Waals surface area contributed by atoms with E-state index in [4.69, 9.17) is 45.6 Å². The van der Waals surface area contributed by atoms with Gasteiger partial charge in [0.1, 0.15) is 5.40 Å². The largest absolute Gasteiger partial charge is 0.382 e. The molecule has 0 unspecified atom stereocenters. The van der Waals surface area contributed by atoms with E-state index in [0.29, 0.717) is 75.7 Å². The fourth-order valence-electron chi connectivity index (χ4n) is 9.00. The third kappa shape index (κ3) is 26.8. The molecule has 17 N–H and O–H groups in total. The summed E-state index contributed by atoms with van der Waals surface area (Å²) in [4.78, 5) is 13.8. The molecule has 0 atom stereocenters. The Hall–Kier alpha value is -3.09. The molecule has 6 aliphatic heterocycles. The molecular formula is C50H92N18O3S3. The Morgan fingerprint density at radius 2 is 1.01 bits per heavy atom. The fourth-order valence-corrected chi connectivity index (χ4v) is 10.0. The van der Waals surface area contributed by atoms with Gasteiger partial charge in [-0.1, -0.05) is 6.92 Å². The molecule has 0 radical (unpaired) electrons. The van der Waals surface area contributed by atoms with Gasteiger partial charge < -0.3 is 99.9 Å². The highest BCUT2D eigenvalue weighted by atomic mass is 32.2. The molecule has 0 aliphatic carbocycles. The lowest BCUT2D eigenvalue weighted by Gasteiger charge is -2.39. The molecule has 21 nitrogen and oxygen atoms in total. The van der Waals surface area contributed by atoms with Gasteiger partial charge in [-0.25, -0.2) is 0 Å². The number of terminal acetylenes is 1. The van der Waals surface area contributed by atoms with E-state index in [1.807, 2.05) is 24.3 Å². The van der Waals surface area contributed by atoms with E-state index in [9.17, 15) is 4.79 Å². The topological polar surface area (TPSA) is 264 Å². The van der Waals surface area contributed by atoms with Crippen molar-refractivity contribution in [3.05, 3.63) is 24.3 Å². The van der Waals surface area contributed by atoms with Crippen LogP contribution < -0.4 is 90.4 Å². The summed E-state index contributed by atoms with van der Waals surface area (Å²) in [5, 5.41) is 72.8. The minimum atomic E-state index is -0.494. The Bertz CT molecular complexity index is 1720. The molecule has 6 saturated heterocycles. The smallest absolute Gasteiger partial charge is 0.222 e. The zero-order chi connectivity index (χ0) is 52.9. The van der Waals surface area contributed by atoms with Gasteiger partial charge in [-0.15, -0.1) is 12.3 Å². The number of anilines is 1. The van der Waals surface area contributed by atoms with E-state index >= 15 is 0 Å². The third-order valence-electron chi connectivity index (χ3n) is 13.1. The third-order valence-corrected chi connectivity index (χ3v) is 14.1. The lowest BCUT2D eigenvalue weighted by molar-refractivity contribution is -0.124. The van der Waals surface area contributed by atoms with Crippen molar-refractivity contribution in [2.24, 2.45) is 5.41 Å².